The third kappa shape index (κ3) is 6.86. The fourth-order valence-electron chi connectivity index (χ4n) is 7.26. The number of carbonyl (C=O) groups is 2. The zero-order valence-corrected chi connectivity index (χ0v) is 26.7. The first-order valence-electron chi connectivity index (χ1n) is 16.6. The summed E-state index contributed by atoms with van der Waals surface area (Å²) in [7, 11) is 0. The highest BCUT2D eigenvalue weighted by Crippen LogP contribution is 2.28. The van der Waals surface area contributed by atoms with Gasteiger partial charge in [0, 0.05) is 75.9 Å². The van der Waals surface area contributed by atoms with Crippen LogP contribution in [0.1, 0.15) is 80.9 Å². The van der Waals surface area contributed by atoms with Crippen LogP contribution in [0.2, 0.25) is 0 Å². The summed E-state index contributed by atoms with van der Waals surface area (Å²) in [6.07, 6.45) is 6.14. The van der Waals surface area contributed by atoms with Crippen molar-refractivity contribution < 1.29 is 14.7 Å². The van der Waals surface area contributed by atoms with E-state index in [0.29, 0.717) is 43.6 Å². The maximum absolute atomic E-state index is 13.9. The van der Waals surface area contributed by atoms with E-state index in [1.807, 2.05) is 25.7 Å². The largest absolute Gasteiger partial charge is 0.390 e. The molecule has 2 aromatic rings. The van der Waals surface area contributed by atoms with E-state index < -0.39 is 6.10 Å². The third-order valence-corrected chi connectivity index (χ3v) is 9.81. The van der Waals surface area contributed by atoms with Gasteiger partial charge in [-0.3, -0.25) is 14.5 Å². The van der Waals surface area contributed by atoms with Gasteiger partial charge in [0.25, 0.3) is 5.91 Å². The van der Waals surface area contributed by atoms with Crippen LogP contribution in [-0.2, 0) is 17.8 Å². The lowest BCUT2D eigenvalue weighted by molar-refractivity contribution is -0.140. The van der Waals surface area contributed by atoms with Gasteiger partial charge in [-0.2, -0.15) is 4.98 Å². The average Bonchev–Trinajstić information content (AvgIpc) is 3.04. The Labute approximate surface area is 261 Å². The minimum atomic E-state index is -0.611. The van der Waals surface area contributed by atoms with Crippen LogP contribution in [0.15, 0.2) is 30.3 Å². The number of benzene rings is 1. The number of aliphatic hydroxyl groups excluding tert-OH is 1. The van der Waals surface area contributed by atoms with E-state index in [-0.39, 0.29) is 29.3 Å². The van der Waals surface area contributed by atoms with Gasteiger partial charge in [-0.25, -0.2) is 4.98 Å². The minimum Gasteiger partial charge on any atom is -0.390 e. The van der Waals surface area contributed by atoms with Crippen LogP contribution in [0, 0.1) is 5.41 Å². The maximum Gasteiger partial charge on any atom is 0.272 e. The second kappa shape index (κ2) is 13.0. The maximum atomic E-state index is 13.9. The summed E-state index contributed by atoms with van der Waals surface area (Å²) < 4.78 is 0. The molecule has 2 N–H and O–H groups in total. The molecular formula is C34H49N7O3. The SMILES string of the molecule is CC(C)(C)C(=O)N1CCC(Nc2cc(C(=O)N3CC[C@@H](N4CCc5ccccc5C4)[C@H](O)C3)nc(N3CCCCC3)n2)CC1. The van der Waals surface area contributed by atoms with Crippen LogP contribution in [0.3, 0.4) is 0 Å². The molecule has 4 aliphatic rings. The van der Waals surface area contributed by atoms with Crippen molar-refractivity contribution in [3.8, 4) is 0 Å². The molecule has 0 bridgehead atoms. The molecule has 10 heteroatoms. The summed E-state index contributed by atoms with van der Waals surface area (Å²) in [5.74, 6) is 1.29. The number of nitrogens with zero attached hydrogens (tertiary/aromatic N) is 6. The van der Waals surface area contributed by atoms with Crippen molar-refractivity contribution >= 4 is 23.6 Å². The molecule has 0 saturated carbocycles. The van der Waals surface area contributed by atoms with Gasteiger partial charge in [0.2, 0.25) is 11.9 Å². The van der Waals surface area contributed by atoms with Gasteiger partial charge in [-0.05, 0) is 56.1 Å². The highest BCUT2D eigenvalue weighted by atomic mass is 16.3. The van der Waals surface area contributed by atoms with Crippen molar-refractivity contribution in [2.75, 3.05) is 56.0 Å². The average molecular weight is 604 g/mol. The molecule has 1 aromatic carbocycles. The zero-order valence-electron chi connectivity index (χ0n) is 26.7. The molecule has 3 fully saturated rings. The molecule has 1 aromatic heterocycles. The Bertz CT molecular complexity index is 1330. The minimum absolute atomic E-state index is 0.0370. The Kier molecular flexibility index (Phi) is 9.10. The van der Waals surface area contributed by atoms with E-state index in [4.69, 9.17) is 9.97 Å². The number of β-amino-alcohol motifs (C(OH)–C–C–N with tert-alkyl or cyclic N) is 1. The van der Waals surface area contributed by atoms with Gasteiger partial charge in [0.1, 0.15) is 11.5 Å². The van der Waals surface area contributed by atoms with E-state index in [2.05, 4.69) is 39.4 Å². The number of hydrogen-bond donors (Lipinski definition) is 2. The monoisotopic (exact) mass is 603 g/mol. The Hall–Kier alpha value is -3.24. The second-order valence-electron chi connectivity index (χ2n) is 14.1. The van der Waals surface area contributed by atoms with Crippen molar-refractivity contribution in [3.63, 3.8) is 0 Å². The van der Waals surface area contributed by atoms with Gasteiger partial charge < -0.3 is 25.1 Å². The number of likely N-dealkylation sites (tertiary alicyclic amines) is 2. The van der Waals surface area contributed by atoms with Crippen LogP contribution >= 0.6 is 0 Å². The summed E-state index contributed by atoms with van der Waals surface area (Å²) in [6, 6.07) is 10.5. The summed E-state index contributed by atoms with van der Waals surface area (Å²) in [4.78, 5) is 44.6. The molecule has 238 valence electrons. The van der Waals surface area contributed by atoms with Crippen molar-refractivity contribution in [3.05, 3.63) is 47.2 Å². The lowest BCUT2D eigenvalue weighted by Gasteiger charge is -2.43. The molecule has 4 aliphatic heterocycles. The predicted molar refractivity (Wildman–Crippen MR) is 172 cm³/mol. The standard InChI is InChI=1S/C34H49N7O3/c1-34(2,3)32(44)38-18-12-26(13-19-38)35-30-21-27(36-33(37-30)39-15-7-4-8-16-39)31(43)41-20-14-28(29(42)23-41)40-17-11-24-9-5-6-10-25(24)22-40/h5-6,9-10,21,26,28-29,42H,4,7-8,11-20,22-23H2,1-3H3,(H,35,36,37)/t28-,29-/m1/s1. The number of amides is 2. The number of hydrogen-bond acceptors (Lipinski definition) is 8. The van der Waals surface area contributed by atoms with Crippen LogP contribution in [0.4, 0.5) is 11.8 Å². The molecular weight excluding hydrogens is 554 g/mol. The first-order chi connectivity index (χ1) is 21.2. The summed E-state index contributed by atoms with van der Waals surface area (Å²) in [6.45, 7) is 11.7. The number of aliphatic hydroxyl groups is 1. The molecule has 44 heavy (non-hydrogen) atoms. The molecule has 2 amide bonds. The number of rotatable bonds is 5. The van der Waals surface area contributed by atoms with Crippen LogP contribution < -0.4 is 10.2 Å². The summed E-state index contributed by atoms with van der Waals surface area (Å²) >= 11 is 0. The smallest absolute Gasteiger partial charge is 0.272 e. The Balaban J connectivity index is 1.13. The Morgan fingerprint density at radius 3 is 2.30 bits per heavy atom. The molecule has 0 spiro atoms. The molecule has 0 aliphatic carbocycles. The van der Waals surface area contributed by atoms with E-state index >= 15 is 0 Å². The van der Waals surface area contributed by atoms with Gasteiger partial charge in [-0.15, -0.1) is 0 Å². The quantitative estimate of drug-likeness (QED) is 0.535. The van der Waals surface area contributed by atoms with Gasteiger partial charge in [0.15, 0.2) is 0 Å². The molecule has 10 nitrogen and oxygen atoms in total. The number of anilines is 2. The number of nitrogens with one attached hydrogen (secondary N) is 1. The van der Waals surface area contributed by atoms with Crippen molar-refractivity contribution in [2.24, 2.45) is 5.41 Å². The van der Waals surface area contributed by atoms with Gasteiger partial charge in [0.05, 0.1) is 6.10 Å². The summed E-state index contributed by atoms with van der Waals surface area (Å²) in [5.41, 5.74) is 2.72. The normalized spacial score (nSPS) is 23.8. The zero-order chi connectivity index (χ0) is 30.8. The first-order valence-corrected chi connectivity index (χ1v) is 16.6. The molecule has 5 heterocycles. The predicted octanol–water partition coefficient (Wildman–Crippen LogP) is 3.55. The molecule has 2 atom stereocenters. The summed E-state index contributed by atoms with van der Waals surface area (Å²) in [5, 5.41) is 14.8. The number of carbonyl (C=O) groups excluding carboxylic acids is 2. The fourth-order valence-corrected chi connectivity index (χ4v) is 7.26. The number of aromatic nitrogens is 2. The lowest BCUT2D eigenvalue weighted by Crippen LogP contribution is -2.56. The highest BCUT2D eigenvalue weighted by molar-refractivity contribution is 5.93. The molecule has 6 rings (SSSR count). The third-order valence-electron chi connectivity index (χ3n) is 9.81. The van der Waals surface area contributed by atoms with E-state index in [1.54, 1.807) is 11.0 Å². The Morgan fingerprint density at radius 1 is 0.886 bits per heavy atom. The number of fused-ring (bicyclic) bond motifs is 1. The second-order valence-corrected chi connectivity index (χ2v) is 14.1. The first kappa shape index (κ1) is 30.8. The van der Waals surface area contributed by atoms with Gasteiger partial charge in [-0.1, -0.05) is 45.0 Å². The van der Waals surface area contributed by atoms with Crippen LogP contribution in [-0.4, -0.2) is 106 Å². The van der Waals surface area contributed by atoms with Crippen molar-refractivity contribution in [2.45, 2.75) is 90.4 Å². The van der Waals surface area contributed by atoms with Gasteiger partial charge >= 0.3 is 0 Å². The molecule has 0 radical (unpaired) electrons. The van der Waals surface area contributed by atoms with E-state index in [9.17, 15) is 14.7 Å². The highest BCUT2D eigenvalue weighted by Gasteiger charge is 2.36. The Morgan fingerprint density at radius 2 is 1.59 bits per heavy atom. The van der Waals surface area contributed by atoms with Crippen LogP contribution in [0.5, 0.6) is 0 Å². The van der Waals surface area contributed by atoms with Crippen molar-refractivity contribution in [1.29, 1.82) is 0 Å². The number of piperidine rings is 3. The van der Waals surface area contributed by atoms with E-state index in [1.165, 1.54) is 17.5 Å². The van der Waals surface area contributed by atoms with E-state index in [0.717, 1.165) is 64.7 Å². The van der Waals surface area contributed by atoms with Crippen LogP contribution in [0.25, 0.3) is 0 Å². The topological polar surface area (TPSA) is 105 Å². The lowest BCUT2D eigenvalue weighted by atomic mass is 9.93. The van der Waals surface area contributed by atoms with Crippen molar-refractivity contribution in [1.82, 2.24) is 24.7 Å². The molecule has 0 unspecified atom stereocenters. The fraction of sp³-hybridized carbons (Fsp3) is 0.647. The molecule has 3 saturated heterocycles.